The number of carbonyl (C=O) groups is 1. The summed E-state index contributed by atoms with van der Waals surface area (Å²) >= 11 is 14.2. The molecule has 2 aliphatic rings. The predicted molar refractivity (Wildman–Crippen MR) is 248 cm³/mol. The van der Waals surface area contributed by atoms with Crippen LogP contribution < -0.4 is 10.1 Å². The Bertz CT molecular complexity index is 2180. The molecule has 2 aromatic carbocycles. The van der Waals surface area contributed by atoms with Gasteiger partial charge in [0.25, 0.3) is 5.91 Å². The van der Waals surface area contributed by atoms with E-state index >= 15 is 0 Å². The zero-order valence-electron chi connectivity index (χ0n) is 37.1. The van der Waals surface area contributed by atoms with Gasteiger partial charge in [-0.15, -0.1) is 0 Å². The first-order valence-corrected chi connectivity index (χ1v) is 27.3. The summed E-state index contributed by atoms with van der Waals surface area (Å²) in [5.41, 5.74) is 7.93. The van der Waals surface area contributed by atoms with Crippen LogP contribution >= 0.6 is 23.2 Å². The zero-order chi connectivity index (χ0) is 43.1. The molecule has 0 radical (unpaired) electrons. The molecule has 4 heterocycles. The predicted octanol–water partition coefficient (Wildman–Crippen LogP) is 11.3. The Morgan fingerprint density at radius 1 is 0.864 bits per heavy atom. The Kier molecular flexibility index (Phi) is 13.6. The van der Waals surface area contributed by atoms with Crippen molar-refractivity contribution in [3.8, 4) is 28.3 Å². The number of ether oxygens (including phenoxy) is 1. The van der Waals surface area contributed by atoms with Gasteiger partial charge in [0.1, 0.15) is 5.69 Å². The van der Waals surface area contributed by atoms with Crippen LogP contribution in [0.2, 0.25) is 46.3 Å². The number of methoxy groups -OCH3 is 1. The van der Waals surface area contributed by atoms with E-state index in [0.29, 0.717) is 51.7 Å². The fourth-order valence-electron chi connectivity index (χ4n) is 7.19. The van der Waals surface area contributed by atoms with Crippen LogP contribution in [0.3, 0.4) is 0 Å². The highest BCUT2D eigenvalue weighted by Crippen LogP contribution is 2.43. The third-order valence-electron chi connectivity index (χ3n) is 12.9. The summed E-state index contributed by atoms with van der Waals surface area (Å²) in [6.45, 7) is 30.5. The molecule has 0 aliphatic carbocycles. The molecule has 2 aliphatic heterocycles. The van der Waals surface area contributed by atoms with Crippen LogP contribution in [0.1, 0.15) is 74.4 Å². The van der Waals surface area contributed by atoms with E-state index in [9.17, 15) is 4.79 Å². The lowest BCUT2D eigenvalue weighted by Gasteiger charge is -2.46. The zero-order valence-corrected chi connectivity index (χ0v) is 40.6. The van der Waals surface area contributed by atoms with Gasteiger partial charge in [-0.1, -0.05) is 101 Å². The summed E-state index contributed by atoms with van der Waals surface area (Å²) in [5.74, 6) is 0.247. The number of fused-ring (bicyclic) bond motifs is 1. The molecule has 1 amide bonds. The second kappa shape index (κ2) is 17.7. The summed E-state index contributed by atoms with van der Waals surface area (Å²) in [6, 6.07) is 17.3. The molecule has 9 nitrogen and oxygen atoms in total. The lowest BCUT2D eigenvalue weighted by molar-refractivity contribution is 0.00516. The number of hydrogen-bond donors (Lipinski definition) is 1. The van der Waals surface area contributed by atoms with E-state index in [2.05, 4.69) is 95.8 Å². The molecule has 0 unspecified atom stereocenters. The second-order valence-electron chi connectivity index (χ2n) is 19.2. The van der Waals surface area contributed by atoms with Gasteiger partial charge in [-0.2, -0.15) is 0 Å². The molecule has 4 aromatic rings. The highest BCUT2D eigenvalue weighted by atomic mass is 35.5. The number of hydrogen-bond acceptors (Lipinski definition) is 8. The number of amides is 1. The molecular formula is C46H63Cl2N5O4Si2. The molecular weight excluding hydrogens is 814 g/mol. The maximum absolute atomic E-state index is 13.8. The number of nitrogens with one attached hydrogen (secondary N) is 1. The van der Waals surface area contributed by atoms with E-state index in [0.717, 1.165) is 67.1 Å². The average Bonchev–Trinajstić information content (AvgIpc) is 3.14. The van der Waals surface area contributed by atoms with Gasteiger partial charge in [0.05, 0.1) is 40.3 Å². The number of aromatic nitrogens is 2. The van der Waals surface area contributed by atoms with Gasteiger partial charge in [0, 0.05) is 68.1 Å². The number of anilines is 1. The van der Waals surface area contributed by atoms with Crippen molar-refractivity contribution in [2.24, 2.45) is 0 Å². The highest BCUT2D eigenvalue weighted by Gasteiger charge is 2.42. The van der Waals surface area contributed by atoms with Crippen molar-refractivity contribution in [2.75, 3.05) is 45.2 Å². The van der Waals surface area contributed by atoms with Crippen LogP contribution in [-0.4, -0.2) is 88.3 Å². The third-order valence-corrected chi connectivity index (χ3v) is 22.8. The average molecular weight is 877 g/mol. The van der Waals surface area contributed by atoms with Crippen molar-refractivity contribution in [3.05, 3.63) is 92.7 Å². The minimum absolute atomic E-state index is 0.167. The van der Waals surface area contributed by atoms with Gasteiger partial charge >= 0.3 is 0 Å². The topological polar surface area (TPSA) is 89.0 Å². The first-order valence-electron chi connectivity index (χ1n) is 20.8. The molecule has 6 rings (SSSR count). The quantitative estimate of drug-likeness (QED) is 0.133. The van der Waals surface area contributed by atoms with E-state index in [4.69, 9.17) is 46.8 Å². The van der Waals surface area contributed by atoms with Crippen molar-refractivity contribution in [1.82, 2.24) is 19.8 Å². The fraction of sp³-hybridized carbons (Fsp3) is 0.500. The molecule has 0 atom stereocenters. The number of aryl methyl sites for hydroxylation is 1. The van der Waals surface area contributed by atoms with Crippen molar-refractivity contribution in [2.45, 2.75) is 110 Å². The minimum atomic E-state index is -1.83. The van der Waals surface area contributed by atoms with Gasteiger partial charge in [-0.05, 0) is 78.9 Å². The van der Waals surface area contributed by atoms with E-state index in [1.165, 1.54) is 5.56 Å². The second-order valence-corrected chi connectivity index (χ2v) is 29.6. The van der Waals surface area contributed by atoms with Crippen molar-refractivity contribution in [3.63, 3.8) is 0 Å². The molecule has 0 saturated carbocycles. The lowest BCUT2D eigenvalue weighted by atomic mass is 9.98. The molecule has 13 heteroatoms. The molecule has 2 aromatic heterocycles. The standard InChI is InChI=1S/C46H63Cl2N5O4Si2/c1-30-25-39(49-40-29-52(22-21-33(30)40)23-24-56-58(9,10)45(2,3)4)43(54)50-38-18-14-16-35(42(38)48)34-15-13-17-36(41(34)47)37-20-19-31(44(51-37)55-8)26-53-27-32(28-53)57-59(11,12)46(5,6)7/h13-20,25,32H,21-24,26-29H2,1-12H3,(H,50,54). The number of carbonyl (C=O) groups excluding carboxylic acids is 1. The lowest BCUT2D eigenvalue weighted by Crippen LogP contribution is -2.57. The fourth-order valence-corrected chi connectivity index (χ4v) is 10.2. The van der Waals surface area contributed by atoms with Crippen LogP contribution in [0.25, 0.3) is 22.4 Å². The number of halogens is 2. The summed E-state index contributed by atoms with van der Waals surface area (Å²) in [7, 11) is -1.99. The van der Waals surface area contributed by atoms with Gasteiger partial charge < -0.3 is 18.9 Å². The molecule has 0 bridgehead atoms. The minimum Gasteiger partial charge on any atom is -0.481 e. The molecule has 318 valence electrons. The number of nitrogens with zero attached hydrogens (tertiary/aromatic N) is 4. The Morgan fingerprint density at radius 3 is 2.17 bits per heavy atom. The summed E-state index contributed by atoms with van der Waals surface area (Å²) < 4.78 is 18.9. The summed E-state index contributed by atoms with van der Waals surface area (Å²) in [4.78, 5) is 28.3. The molecule has 1 saturated heterocycles. The van der Waals surface area contributed by atoms with Crippen LogP contribution in [0.15, 0.2) is 54.6 Å². The molecule has 1 N–H and O–H groups in total. The molecule has 0 spiro atoms. The Balaban J connectivity index is 1.14. The first kappa shape index (κ1) is 45.4. The van der Waals surface area contributed by atoms with Crippen LogP contribution in [0.4, 0.5) is 5.69 Å². The SMILES string of the molecule is COc1nc(-c2cccc(-c3cccc(NC(=O)c4cc(C)c5c(n4)CN(CCO[Si](C)(C)C(C)(C)C)CC5)c3Cl)c2Cl)ccc1CN1CC(O[Si](C)(C)C(C)(C)C)C1. The van der Waals surface area contributed by atoms with Gasteiger partial charge in [0.2, 0.25) is 5.88 Å². The number of benzene rings is 2. The van der Waals surface area contributed by atoms with Crippen LogP contribution in [0.5, 0.6) is 5.88 Å². The number of pyridine rings is 2. The Hall–Kier alpha value is -3.14. The van der Waals surface area contributed by atoms with Gasteiger partial charge in [0.15, 0.2) is 16.6 Å². The van der Waals surface area contributed by atoms with Crippen molar-refractivity contribution in [1.29, 1.82) is 0 Å². The van der Waals surface area contributed by atoms with Crippen LogP contribution in [-0.2, 0) is 28.4 Å². The number of rotatable bonds is 13. The summed E-state index contributed by atoms with van der Waals surface area (Å²) in [5, 5.41) is 4.27. The molecule has 59 heavy (non-hydrogen) atoms. The largest absolute Gasteiger partial charge is 0.481 e. The van der Waals surface area contributed by atoms with Crippen molar-refractivity contribution >= 4 is 51.4 Å². The normalized spacial score (nSPS) is 15.8. The Morgan fingerprint density at radius 2 is 1.51 bits per heavy atom. The monoisotopic (exact) mass is 875 g/mol. The first-order chi connectivity index (χ1) is 27.6. The van der Waals surface area contributed by atoms with E-state index in [1.54, 1.807) is 13.2 Å². The van der Waals surface area contributed by atoms with Crippen LogP contribution in [0, 0.1) is 6.92 Å². The van der Waals surface area contributed by atoms with E-state index in [1.807, 2.05) is 42.5 Å². The third kappa shape index (κ3) is 10.2. The van der Waals surface area contributed by atoms with Gasteiger partial charge in [-0.3, -0.25) is 14.6 Å². The highest BCUT2D eigenvalue weighted by molar-refractivity contribution is 6.74. The number of likely N-dealkylation sites (tertiary alicyclic amines) is 1. The maximum atomic E-state index is 13.8. The van der Waals surface area contributed by atoms with Gasteiger partial charge in [-0.25, -0.2) is 9.97 Å². The Labute approximate surface area is 364 Å². The van der Waals surface area contributed by atoms with E-state index in [-0.39, 0.29) is 22.1 Å². The maximum Gasteiger partial charge on any atom is 0.274 e. The van der Waals surface area contributed by atoms with E-state index < -0.39 is 16.6 Å². The van der Waals surface area contributed by atoms with Crippen molar-refractivity contribution < 1.29 is 18.4 Å². The summed E-state index contributed by atoms with van der Waals surface area (Å²) in [6.07, 6.45) is 1.15. The molecule has 1 fully saturated rings. The smallest absolute Gasteiger partial charge is 0.274 e.